The highest BCUT2D eigenvalue weighted by atomic mass is 28.3. The van der Waals surface area contributed by atoms with Gasteiger partial charge in [-0.1, -0.05) is 49.7 Å². The average Bonchev–Trinajstić information content (AvgIpc) is 2.28. The summed E-state index contributed by atoms with van der Waals surface area (Å²) in [5.41, 5.74) is 5.29. The summed E-state index contributed by atoms with van der Waals surface area (Å²) in [6, 6.07) is 7.90. The number of rotatable bonds is 2. The molecule has 1 atom stereocenters. The van der Waals surface area contributed by atoms with Gasteiger partial charge in [0.1, 0.15) is 14.2 Å². The van der Waals surface area contributed by atoms with E-state index in [1.807, 2.05) is 24.3 Å². The predicted molar refractivity (Wildman–Crippen MR) is 75.2 cm³/mol. The van der Waals surface area contributed by atoms with Crippen LogP contribution in [0, 0.1) is 23.8 Å². The highest BCUT2D eigenvalue weighted by molar-refractivity contribution is 6.83. The Morgan fingerprint density at radius 3 is 2.41 bits per heavy atom. The third kappa shape index (κ3) is 4.11. The van der Waals surface area contributed by atoms with Crippen molar-refractivity contribution >= 4 is 8.07 Å². The Morgan fingerprint density at radius 2 is 1.88 bits per heavy atom. The molecule has 0 N–H and O–H groups in total. The van der Waals surface area contributed by atoms with Crippen LogP contribution in [0.1, 0.15) is 17.2 Å². The van der Waals surface area contributed by atoms with E-state index in [1.165, 1.54) is 0 Å². The molecule has 1 aromatic carbocycles. The first kappa shape index (κ1) is 13.6. The van der Waals surface area contributed by atoms with Crippen LogP contribution in [0.2, 0.25) is 19.6 Å². The van der Waals surface area contributed by atoms with Crippen molar-refractivity contribution in [3.63, 3.8) is 0 Å². The normalized spacial score (nSPS) is 12.2. The second kappa shape index (κ2) is 5.73. The Hall–Kier alpha value is -1.48. The van der Waals surface area contributed by atoms with E-state index in [0.29, 0.717) is 0 Å². The molecule has 0 aromatic heterocycles. The molecule has 0 fully saturated rings. The summed E-state index contributed by atoms with van der Waals surface area (Å²) in [5.74, 6) is 5.87. The fourth-order valence-electron chi connectivity index (χ4n) is 1.38. The highest BCUT2D eigenvalue weighted by Gasteiger charge is 2.11. The van der Waals surface area contributed by atoms with Gasteiger partial charge in [-0.05, 0) is 6.07 Å². The maximum absolute atomic E-state index is 5.45. The zero-order valence-corrected chi connectivity index (χ0v) is 11.9. The van der Waals surface area contributed by atoms with Crippen LogP contribution in [0.15, 0.2) is 24.3 Å². The zero-order valence-electron chi connectivity index (χ0n) is 10.9. The summed E-state index contributed by atoms with van der Waals surface area (Å²) < 4.78 is 5.27. The van der Waals surface area contributed by atoms with E-state index < -0.39 is 8.07 Å². The molecule has 1 aromatic rings. The van der Waals surface area contributed by atoms with E-state index in [1.54, 1.807) is 7.11 Å². The van der Waals surface area contributed by atoms with Gasteiger partial charge < -0.3 is 4.74 Å². The fourth-order valence-corrected chi connectivity index (χ4v) is 1.89. The van der Waals surface area contributed by atoms with Crippen molar-refractivity contribution in [2.45, 2.75) is 25.7 Å². The van der Waals surface area contributed by atoms with Gasteiger partial charge >= 0.3 is 0 Å². The minimum absolute atomic E-state index is 0.317. The summed E-state index contributed by atoms with van der Waals surface area (Å²) in [5, 5.41) is 0. The molecule has 0 heterocycles. The Labute approximate surface area is 105 Å². The van der Waals surface area contributed by atoms with Gasteiger partial charge in [0.2, 0.25) is 0 Å². The topological polar surface area (TPSA) is 9.23 Å². The maximum atomic E-state index is 5.45. The minimum Gasteiger partial charge on any atom is -0.364 e. The predicted octanol–water partition coefficient (Wildman–Crippen LogP) is 3.24. The first-order valence-corrected chi connectivity index (χ1v) is 9.09. The van der Waals surface area contributed by atoms with Gasteiger partial charge in [-0.15, -0.1) is 12.0 Å². The van der Waals surface area contributed by atoms with Crippen molar-refractivity contribution in [2.75, 3.05) is 7.11 Å². The van der Waals surface area contributed by atoms with Crippen LogP contribution in [0.3, 0.4) is 0 Å². The summed E-state index contributed by atoms with van der Waals surface area (Å²) in [7, 11) is 0.247. The molecular formula is C15H18OSi. The second-order valence-electron chi connectivity index (χ2n) is 4.87. The van der Waals surface area contributed by atoms with Crippen LogP contribution >= 0.6 is 0 Å². The lowest BCUT2D eigenvalue weighted by atomic mass is 10.0. The molecule has 1 unspecified atom stereocenters. The fraction of sp³-hybridized carbons (Fsp3) is 0.333. The number of methoxy groups -OCH3 is 1. The van der Waals surface area contributed by atoms with Gasteiger partial charge in [0.25, 0.3) is 0 Å². The van der Waals surface area contributed by atoms with E-state index >= 15 is 0 Å². The molecule has 1 nitrogen and oxygen atoms in total. The molecule has 0 amide bonds. The zero-order chi connectivity index (χ0) is 12.9. The maximum Gasteiger partial charge on any atom is 0.143 e. The van der Waals surface area contributed by atoms with E-state index in [4.69, 9.17) is 11.2 Å². The molecular weight excluding hydrogens is 224 g/mol. The van der Waals surface area contributed by atoms with Gasteiger partial charge in [0.05, 0.1) is 0 Å². The first-order chi connectivity index (χ1) is 7.98. The number of ether oxygens (including phenoxy) is 1. The van der Waals surface area contributed by atoms with Crippen LogP contribution in [0.25, 0.3) is 0 Å². The molecule has 1 rings (SSSR count). The number of hydrogen-bond acceptors (Lipinski definition) is 1. The first-order valence-electron chi connectivity index (χ1n) is 5.59. The Morgan fingerprint density at radius 1 is 1.24 bits per heavy atom. The summed E-state index contributed by atoms with van der Waals surface area (Å²) >= 11 is 0. The van der Waals surface area contributed by atoms with Gasteiger partial charge in [0.15, 0.2) is 0 Å². The largest absolute Gasteiger partial charge is 0.364 e. The van der Waals surface area contributed by atoms with Gasteiger partial charge in [-0.3, -0.25) is 0 Å². The van der Waals surface area contributed by atoms with Crippen molar-refractivity contribution in [3.8, 4) is 23.8 Å². The quantitative estimate of drug-likeness (QED) is 0.571. The number of benzene rings is 1. The highest BCUT2D eigenvalue weighted by Crippen LogP contribution is 2.19. The van der Waals surface area contributed by atoms with Crippen molar-refractivity contribution < 1.29 is 4.74 Å². The van der Waals surface area contributed by atoms with Crippen molar-refractivity contribution in [2.24, 2.45) is 0 Å². The molecule has 0 saturated heterocycles. The molecule has 0 saturated carbocycles. The summed E-state index contributed by atoms with van der Waals surface area (Å²) in [6.07, 6.45) is 5.13. The third-order valence-electron chi connectivity index (χ3n) is 2.20. The van der Waals surface area contributed by atoms with E-state index in [-0.39, 0.29) is 6.10 Å². The molecule has 17 heavy (non-hydrogen) atoms. The summed E-state index contributed by atoms with van der Waals surface area (Å²) in [4.78, 5) is 0. The molecule has 0 bridgehead atoms. The molecule has 2 heteroatoms. The van der Waals surface area contributed by atoms with Crippen molar-refractivity contribution in [1.82, 2.24) is 0 Å². The number of terminal acetylenes is 1. The third-order valence-corrected chi connectivity index (χ3v) is 3.08. The Kier molecular flexibility index (Phi) is 4.58. The van der Waals surface area contributed by atoms with Crippen LogP contribution in [-0.2, 0) is 4.74 Å². The van der Waals surface area contributed by atoms with Crippen LogP contribution in [0.5, 0.6) is 0 Å². The average molecular weight is 242 g/mol. The molecule has 0 aliphatic heterocycles. The SMILES string of the molecule is C#CC(OC)c1ccccc1C#C[Si](C)(C)C. The Bertz CT molecular complexity index is 480. The van der Waals surface area contributed by atoms with Gasteiger partial charge in [-0.25, -0.2) is 0 Å². The lowest BCUT2D eigenvalue weighted by Crippen LogP contribution is -2.16. The van der Waals surface area contributed by atoms with Crippen LogP contribution in [0.4, 0.5) is 0 Å². The standard InChI is InChI=1S/C15H18OSi/c1-6-15(16-2)14-10-8-7-9-13(14)11-12-17(3,4)5/h1,7-10,15H,2-5H3. The minimum atomic E-state index is -1.37. The van der Waals surface area contributed by atoms with E-state index in [9.17, 15) is 0 Å². The molecule has 0 spiro atoms. The summed E-state index contributed by atoms with van der Waals surface area (Å²) in [6.45, 7) is 6.66. The van der Waals surface area contributed by atoms with Crippen LogP contribution in [-0.4, -0.2) is 15.2 Å². The van der Waals surface area contributed by atoms with Crippen LogP contribution < -0.4 is 0 Å². The smallest absolute Gasteiger partial charge is 0.143 e. The van der Waals surface area contributed by atoms with Gasteiger partial charge in [-0.2, -0.15) is 0 Å². The second-order valence-corrected chi connectivity index (χ2v) is 9.62. The monoisotopic (exact) mass is 242 g/mol. The molecule has 0 aliphatic carbocycles. The molecule has 88 valence electrons. The Balaban J connectivity index is 3.17. The van der Waals surface area contributed by atoms with E-state index in [2.05, 4.69) is 37.0 Å². The van der Waals surface area contributed by atoms with Crippen molar-refractivity contribution in [3.05, 3.63) is 35.4 Å². The van der Waals surface area contributed by atoms with Gasteiger partial charge in [0, 0.05) is 18.2 Å². The lowest BCUT2D eigenvalue weighted by Gasteiger charge is -2.11. The number of hydrogen-bond donors (Lipinski definition) is 0. The van der Waals surface area contributed by atoms with E-state index in [0.717, 1.165) is 11.1 Å². The van der Waals surface area contributed by atoms with Crippen molar-refractivity contribution in [1.29, 1.82) is 0 Å². The lowest BCUT2D eigenvalue weighted by molar-refractivity contribution is 0.150. The molecule has 0 aliphatic rings. The molecule has 0 radical (unpaired) electrons.